The van der Waals surface area contributed by atoms with Gasteiger partial charge in [0.25, 0.3) is 0 Å². The molecule has 3 nitrogen and oxygen atoms in total. The molecule has 1 aromatic carbocycles. The van der Waals surface area contributed by atoms with E-state index in [1.165, 1.54) is 0 Å². The van der Waals surface area contributed by atoms with Crippen LogP contribution in [0.2, 0.25) is 0 Å². The number of benzene rings is 1. The quantitative estimate of drug-likeness (QED) is 0.757. The van der Waals surface area contributed by atoms with Gasteiger partial charge in [0.2, 0.25) is 5.91 Å². The molecule has 2 N–H and O–H groups in total. The smallest absolute Gasteiger partial charge is 0.217 e. The fraction of sp³-hybridized carbons (Fsp3) is 0.417. The lowest BCUT2D eigenvalue weighted by Gasteiger charge is -2.03. The highest BCUT2D eigenvalue weighted by molar-refractivity contribution is 5.73. The van der Waals surface area contributed by atoms with Gasteiger partial charge >= 0.3 is 0 Å². The van der Waals surface area contributed by atoms with E-state index in [0.717, 1.165) is 5.75 Å². The summed E-state index contributed by atoms with van der Waals surface area (Å²) in [6.45, 7) is 4.53. The van der Waals surface area contributed by atoms with Crippen molar-refractivity contribution in [2.24, 2.45) is 5.73 Å². The predicted molar refractivity (Wildman–Crippen MR) is 61.7 cm³/mol. The fourth-order valence-corrected chi connectivity index (χ4v) is 0.953. The highest BCUT2D eigenvalue weighted by Gasteiger charge is 1.95. The summed E-state index contributed by atoms with van der Waals surface area (Å²) in [6, 6.07) is 9.50. The first-order chi connectivity index (χ1) is 7.29. The second-order valence-electron chi connectivity index (χ2n) is 2.73. The molecule has 0 aromatic heterocycles. The van der Waals surface area contributed by atoms with Gasteiger partial charge in [0.1, 0.15) is 5.75 Å². The SMILES string of the molecule is CC.NC(=O)CCCOc1ccccc1. The summed E-state index contributed by atoms with van der Waals surface area (Å²) in [4.78, 5) is 10.4. The summed E-state index contributed by atoms with van der Waals surface area (Å²) >= 11 is 0. The number of hydrogen-bond donors (Lipinski definition) is 1. The molecule has 0 bridgehead atoms. The molecule has 0 aliphatic rings. The number of carbonyl (C=O) groups is 1. The van der Waals surface area contributed by atoms with Gasteiger partial charge in [0.15, 0.2) is 0 Å². The van der Waals surface area contributed by atoms with Gasteiger partial charge in [-0.05, 0) is 18.6 Å². The molecule has 1 aromatic rings. The molecule has 0 aliphatic carbocycles. The molecular formula is C12H19NO2. The number of nitrogens with two attached hydrogens (primary N) is 1. The second kappa shape index (κ2) is 9.06. The normalized spacial score (nSPS) is 8.67. The Hall–Kier alpha value is -1.51. The van der Waals surface area contributed by atoms with E-state index in [1.54, 1.807) is 0 Å². The van der Waals surface area contributed by atoms with Gasteiger partial charge in [-0.25, -0.2) is 0 Å². The maximum absolute atomic E-state index is 10.4. The minimum atomic E-state index is -0.281. The number of rotatable bonds is 5. The maximum Gasteiger partial charge on any atom is 0.217 e. The lowest BCUT2D eigenvalue weighted by Crippen LogP contribution is -2.11. The van der Waals surface area contributed by atoms with Gasteiger partial charge in [-0.1, -0.05) is 32.0 Å². The second-order valence-corrected chi connectivity index (χ2v) is 2.73. The molecule has 1 amide bonds. The zero-order valence-electron chi connectivity index (χ0n) is 9.40. The van der Waals surface area contributed by atoms with Crippen LogP contribution in [0.1, 0.15) is 26.7 Å². The molecular weight excluding hydrogens is 190 g/mol. The zero-order chi connectivity index (χ0) is 11.5. The summed E-state index contributed by atoms with van der Waals surface area (Å²) in [6.07, 6.45) is 1.05. The molecule has 84 valence electrons. The van der Waals surface area contributed by atoms with Crippen LogP contribution >= 0.6 is 0 Å². The lowest BCUT2D eigenvalue weighted by molar-refractivity contribution is -0.118. The van der Waals surface area contributed by atoms with Crippen molar-refractivity contribution in [3.63, 3.8) is 0 Å². The summed E-state index contributed by atoms with van der Waals surface area (Å²) in [5.41, 5.74) is 4.98. The van der Waals surface area contributed by atoms with Crippen molar-refractivity contribution in [2.45, 2.75) is 26.7 Å². The Morgan fingerprint density at radius 3 is 2.40 bits per heavy atom. The molecule has 0 heterocycles. The van der Waals surface area contributed by atoms with Crippen LogP contribution in [-0.2, 0) is 4.79 Å². The van der Waals surface area contributed by atoms with E-state index >= 15 is 0 Å². The zero-order valence-corrected chi connectivity index (χ0v) is 9.40. The van der Waals surface area contributed by atoms with E-state index in [-0.39, 0.29) is 5.91 Å². The van der Waals surface area contributed by atoms with Crippen molar-refractivity contribution in [1.29, 1.82) is 0 Å². The van der Waals surface area contributed by atoms with Crippen LogP contribution in [0.3, 0.4) is 0 Å². The summed E-state index contributed by atoms with van der Waals surface area (Å²) in [5, 5.41) is 0. The van der Waals surface area contributed by atoms with Crippen LogP contribution in [0.25, 0.3) is 0 Å². The van der Waals surface area contributed by atoms with Crippen LogP contribution in [0.15, 0.2) is 30.3 Å². The average molecular weight is 209 g/mol. The minimum absolute atomic E-state index is 0.281. The Morgan fingerprint density at radius 1 is 1.27 bits per heavy atom. The lowest BCUT2D eigenvalue weighted by atomic mass is 10.3. The molecule has 0 radical (unpaired) electrons. The van der Waals surface area contributed by atoms with Crippen molar-refractivity contribution in [2.75, 3.05) is 6.61 Å². The van der Waals surface area contributed by atoms with Gasteiger partial charge in [0.05, 0.1) is 6.61 Å². The van der Waals surface area contributed by atoms with Crippen molar-refractivity contribution in [1.82, 2.24) is 0 Å². The largest absolute Gasteiger partial charge is 0.494 e. The third-order valence-electron chi connectivity index (χ3n) is 1.58. The Kier molecular flexibility index (Phi) is 8.15. The van der Waals surface area contributed by atoms with Crippen molar-refractivity contribution in [3.8, 4) is 5.75 Å². The molecule has 15 heavy (non-hydrogen) atoms. The van der Waals surface area contributed by atoms with Gasteiger partial charge < -0.3 is 10.5 Å². The van der Waals surface area contributed by atoms with Crippen LogP contribution in [0, 0.1) is 0 Å². The number of carbonyl (C=O) groups excluding carboxylic acids is 1. The van der Waals surface area contributed by atoms with Crippen LogP contribution in [0.4, 0.5) is 0 Å². The van der Waals surface area contributed by atoms with Gasteiger partial charge in [-0.3, -0.25) is 4.79 Å². The third-order valence-corrected chi connectivity index (χ3v) is 1.58. The van der Waals surface area contributed by atoms with Crippen molar-refractivity contribution in [3.05, 3.63) is 30.3 Å². The van der Waals surface area contributed by atoms with Gasteiger partial charge in [-0.2, -0.15) is 0 Å². The Labute approximate surface area is 91.2 Å². The van der Waals surface area contributed by atoms with Crippen molar-refractivity contribution < 1.29 is 9.53 Å². The summed E-state index contributed by atoms with van der Waals surface area (Å²) in [7, 11) is 0. The number of ether oxygens (including phenoxy) is 1. The molecule has 0 atom stereocenters. The van der Waals surface area contributed by atoms with E-state index in [1.807, 2.05) is 44.2 Å². The molecule has 0 saturated heterocycles. The summed E-state index contributed by atoms with van der Waals surface area (Å²) in [5.74, 6) is 0.545. The number of hydrogen-bond acceptors (Lipinski definition) is 2. The Balaban J connectivity index is 0.000000921. The molecule has 0 aliphatic heterocycles. The summed E-state index contributed by atoms with van der Waals surface area (Å²) < 4.78 is 5.35. The standard InChI is InChI=1S/C10H13NO2.C2H6/c11-10(12)7-4-8-13-9-5-2-1-3-6-9;1-2/h1-3,5-6H,4,7-8H2,(H2,11,12);1-2H3. The van der Waals surface area contributed by atoms with Crippen molar-refractivity contribution >= 4 is 5.91 Å². The molecule has 0 unspecified atom stereocenters. The minimum Gasteiger partial charge on any atom is -0.494 e. The first-order valence-corrected chi connectivity index (χ1v) is 5.25. The van der Waals surface area contributed by atoms with Gasteiger partial charge in [0, 0.05) is 6.42 Å². The first-order valence-electron chi connectivity index (χ1n) is 5.25. The number of para-hydroxylation sites is 1. The van der Waals surface area contributed by atoms with E-state index in [0.29, 0.717) is 19.4 Å². The van der Waals surface area contributed by atoms with Crippen LogP contribution < -0.4 is 10.5 Å². The predicted octanol–water partition coefficient (Wildman–Crippen LogP) is 2.36. The van der Waals surface area contributed by atoms with E-state index in [9.17, 15) is 4.79 Å². The van der Waals surface area contributed by atoms with Crippen LogP contribution in [0.5, 0.6) is 5.75 Å². The van der Waals surface area contributed by atoms with E-state index < -0.39 is 0 Å². The highest BCUT2D eigenvalue weighted by atomic mass is 16.5. The first kappa shape index (κ1) is 13.5. The number of amides is 1. The molecule has 0 fully saturated rings. The molecule has 0 spiro atoms. The number of primary amides is 1. The monoisotopic (exact) mass is 209 g/mol. The molecule has 1 rings (SSSR count). The van der Waals surface area contributed by atoms with Crippen LogP contribution in [-0.4, -0.2) is 12.5 Å². The van der Waals surface area contributed by atoms with E-state index in [2.05, 4.69) is 0 Å². The van der Waals surface area contributed by atoms with E-state index in [4.69, 9.17) is 10.5 Å². The maximum atomic E-state index is 10.4. The highest BCUT2D eigenvalue weighted by Crippen LogP contribution is 2.08. The molecule has 0 saturated carbocycles. The third kappa shape index (κ3) is 7.55. The topological polar surface area (TPSA) is 52.3 Å². The Morgan fingerprint density at radius 2 is 1.87 bits per heavy atom. The fourth-order valence-electron chi connectivity index (χ4n) is 0.953. The van der Waals surface area contributed by atoms with Gasteiger partial charge in [-0.15, -0.1) is 0 Å². The molecule has 3 heteroatoms. The average Bonchev–Trinajstić information content (AvgIpc) is 2.28. The Bertz CT molecular complexity index is 260.